The highest BCUT2D eigenvalue weighted by molar-refractivity contribution is 5.31. The van der Waals surface area contributed by atoms with Crippen LogP contribution in [-0.2, 0) is 0 Å². The van der Waals surface area contributed by atoms with Crippen molar-refractivity contribution in [2.24, 2.45) is 5.92 Å². The molecular weight excluding hydrogens is 182 g/mol. The molecule has 0 amide bonds. The van der Waals surface area contributed by atoms with Gasteiger partial charge in [-0.25, -0.2) is 4.98 Å². The second-order valence-corrected chi connectivity index (χ2v) is 3.58. The lowest BCUT2D eigenvalue weighted by atomic mass is 10.2. The predicted octanol–water partition coefficient (Wildman–Crippen LogP) is -0.0473. The Morgan fingerprint density at radius 1 is 1.71 bits per heavy atom. The molecule has 0 bridgehead atoms. The number of hydrogen-bond donors (Lipinski definition) is 3. The number of aliphatic hydroxyl groups excluding tert-OH is 1. The smallest absolute Gasteiger partial charge is 0.252 e. The maximum Gasteiger partial charge on any atom is 0.252 e. The van der Waals surface area contributed by atoms with E-state index in [1.165, 1.54) is 12.4 Å². The average molecular weight is 195 g/mol. The van der Waals surface area contributed by atoms with Crippen molar-refractivity contribution in [3.8, 4) is 0 Å². The molecule has 1 aliphatic carbocycles. The van der Waals surface area contributed by atoms with Crippen molar-refractivity contribution in [3.63, 3.8) is 0 Å². The SMILES string of the molecule is O=c1cc(NCC(O)C2CC2)nc[nH]1. The molecule has 1 aromatic rings. The van der Waals surface area contributed by atoms with Crippen molar-refractivity contribution in [2.45, 2.75) is 18.9 Å². The molecule has 0 saturated heterocycles. The number of aliphatic hydroxyl groups is 1. The van der Waals surface area contributed by atoms with Crippen molar-refractivity contribution in [3.05, 3.63) is 22.7 Å². The van der Waals surface area contributed by atoms with Crippen molar-refractivity contribution in [2.75, 3.05) is 11.9 Å². The van der Waals surface area contributed by atoms with Crippen LogP contribution in [0.2, 0.25) is 0 Å². The Morgan fingerprint density at radius 3 is 3.14 bits per heavy atom. The fraction of sp³-hybridized carbons (Fsp3) is 0.556. The molecule has 1 fully saturated rings. The van der Waals surface area contributed by atoms with E-state index in [0.717, 1.165) is 12.8 Å². The van der Waals surface area contributed by atoms with Gasteiger partial charge in [0.15, 0.2) is 0 Å². The third-order valence-corrected chi connectivity index (χ3v) is 2.34. The van der Waals surface area contributed by atoms with Crippen molar-refractivity contribution in [1.82, 2.24) is 9.97 Å². The third-order valence-electron chi connectivity index (χ3n) is 2.34. The Morgan fingerprint density at radius 2 is 2.50 bits per heavy atom. The van der Waals surface area contributed by atoms with E-state index in [1.807, 2.05) is 0 Å². The number of hydrogen-bond acceptors (Lipinski definition) is 4. The van der Waals surface area contributed by atoms with Crippen LogP contribution in [0.15, 0.2) is 17.2 Å². The largest absolute Gasteiger partial charge is 0.391 e. The van der Waals surface area contributed by atoms with Crippen LogP contribution in [0.5, 0.6) is 0 Å². The van der Waals surface area contributed by atoms with E-state index in [2.05, 4.69) is 15.3 Å². The summed E-state index contributed by atoms with van der Waals surface area (Å²) in [7, 11) is 0. The van der Waals surface area contributed by atoms with Crippen molar-refractivity contribution < 1.29 is 5.11 Å². The Bertz CT molecular complexity index is 359. The summed E-state index contributed by atoms with van der Waals surface area (Å²) >= 11 is 0. The second-order valence-electron chi connectivity index (χ2n) is 3.58. The Kier molecular flexibility index (Phi) is 2.49. The topological polar surface area (TPSA) is 78.0 Å². The van der Waals surface area contributed by atoms with Gasteiger partial charge in [-0.2, -0.15) is 0 Å². The van der Waals surface area contributed by atoms with E-state index >= 15 is 0 Å². The number of H-pyrrole nitrogens is 1. The zero-order valence-electron chi connectivity index (χ0n) is 7.73. The molecule has 5 heteroatoms. The summed E-state index contributed by atoms with van der Waals surface area (Å²) < 4.78 is 0. The predicted molar refractivity (Wildman–Crippen MR) is 52.1 cm³/mol. The number of aromatic nitrogens is 2. The van der Waals surface area contributed by atoms with Gasteiger partial charge in [0.2, 0.25) is 0 Å². The fourth-order valence-electron chi connectivity index (χ4n) is 1.32. The zero-order valence-corrected chi connectivity index (χ0v) is 7.73. The second kappa shape index (κ2) is 3.79. The fourth-order valence-corrected chi connectivity index (χ4v) is 1.32. The van der Waals surface area contributed by atoms with E-state index < -0.39 is 0 Å². The van der Waals surface area contributed by atoms with Crippen LogP contribution < -0.4 is 10.9 Å². The number of anilines is 1. The van der Waals surface area contributed by atoms with Crippen LogP contribution in [0.1, 0.15) is 12.8 Å². The molecule has 0 spiro atoms. The molecule has 14 heavy (non-hydrogen) atoms. The zero-order chi connectivity index (χ0) is 9.97. The van der Waals surface area contributed by atoms with Crippen LogP contribution in [0.25, 0.3) is 0 Å². The highest BCUT2D eigenvalue weighted by atomic mass is 16.3. The number of nitrogens with one attached hydrogen (secondary N) is 2. The first-order chi connectivity index (χ1) is 6.75. The average Bonchev–Trinajstić information content (AvgIpc) is 2.97. The molecule has 1 aromatic heterocycles. The molecule has 1 aliphatic rings. The maximum atomic E-state index is 10.9. The summed E-state index contributed by atoms with van der Waals surface area (Å²) in [5.41, 5.74) is -0.191. The minimum absolute atomic E-state index is 0.191. The van der Waals surface area contributed by atoms with Gasteiger partial charge in [-0.15, -0.1) is 0 Å². The summed E-state index contributed by atoms with van der Waals surface area (Å²) in [5.74, 6) is 0.943. The highest BCUT2D eigenvalue weighted by Crippen LogP contribution is 2.32. The van der Waals surface area contributed by atoms with Gasteiger partial charge in [0.05, 0.1) is 12.4 Å². The number of rotatable bonds is 4. The van der Waals surface area contributed by atoms with Crippen LogP contribution in [0.4, 0.5) is 5.82 Å². The van der Waals surface area contributed by atoms with Gasteiger partial charge in [-0.1, -0.05) is 0 Å². The van der Waals surface area contributed by atoms with Gasteiger partial charge in [0.1, 0.15) is 5.82 Å². The highest BCUT2D eigenvalue weighted by Gasteiger charge is 2.29. The van der Waals surface area contributed by atoms with Crippen molar-refractivity contribution >= 4 is 5.82 Å². The quantitative estimate of drug-likeness (QED) is 0.629. The van der Waals surface area contributed by atoms with E-state index in [0.29, 0.717) is 18.3 Å². The van der Waals surface area contributed by atoms with Gasteiger partial charge >= 0.3 is 0 Å². The van der Waals surface area contributed by atoms with Gasteiger partial charge in [-0.3, -0.25) is 4.79 Å². The van der Waals surface area contributed by atoms with E-state index in [9.17, 15) is 9.90 Å². The summed E-state index contributed by atoms with van der Waals surface area (Å²) in [6, 6.07) is 1.37. The van der Waals surface area contributed by atoms with Gasteiger partial charge in [-0.05, 0) is 18.8 Å². The molecule has 1 heterocycles. The van der Waals surface area contributed by atoms with E-state index in [4.69, 9.17) is 0 Å². The lowest BCUT2D eigenvalue weighted by Crippen LogP contribution is -2.22. The standard InChI is InChI=1S/C9H13N3O2/c13-7(6-1-2-6)4-10-8-3-9(14)12-5-11-8/h3,5-7,13H,1-2,4H2,(H2,10,11,12,14). The van der Waals surface area contributed by atoms with E-state index in [-0.39, 0.29) is 11.7 Å². The van der Waals surface area contributed by atoms with Crippen LogP contribution >= 0.6 is 0 Å². The molecule has 76 valence electrons. The minimum Gasteiger partial charge on any atom is -0.391 e. The monoisotopic (exact) mass is 195 g/mol. The number of aromatic amines is 1. The lowest BCUT2D eigenvalue weighted by molar-refractivity contribution is 0.164. The summed E-state index contributed by atoms with van der Waals surface area (Å²) in [4.78, 5) is 17.2. The first-order valence-electron chi connectivity index (χ1n) is 4.72. The Balaban J connectivity index is 1.87. The van der Waals surface area contributed by atoms with Crippen LogP contribution in [-0.4, -0.2) is 27.7 Å². The first kappa shape index (κ1) is 9.21. The third kappa shape index (κ3) is 2.32. The van der Waals surface area contributed by atoms with Gasteiger partial charge in [0, 0.05) is 12.6 Å². The molecule has 0 aliphatic heterocycles. The van der Waals surface area contributed by atoms with Crippen LogP contribution in [0.3, 0.4) is 0 Å². The first-order valence-corrected chi connectivity index (χ1v) is 4.72. The summed E-state index contributed by atoms with van der Waals surface area (Å²) in [6.45, 7) is 0.459. The van der Waals surface area contributed by atoms with Crippen LogP contribution in [0, 0.1) is 5.92 Å². The molecule has 2 rings (SSSR count). The van der Waals surface area contributed by atoms with Crippen molar-refractivity contribution in [1.29, 1.82) is 0 Å². The molecule has 1 saturated carbocycles. The maximum absolute atomic E-state index is 10.9. The van der Waals surface area contributed by atoms with Gasteiger partial charge < -0.3 is 15.4 Å². The number of nitrogens with zero attached hydrogens (tertiary/aromatic N) is 1. The lowest BCUT2D eigenvalue weighted by Gasteiger charge is -2.10. The van der Waals surface area contributed by atoms with E-state index in [1.54, 1.807) is 0 Å². The minimum atomic E-state index is -0.323. The molecule has 3 N–H and O–H groups in total. The normalized spacial score (nSPS) is 17.8. The molecule has 0 radical (unpaired) electrons. The molecule has 0 aromatic carbocycles. The Labute approximate surface area is 81.2 Å². The molecule has 5 nitrogen and oxygen atoms in total. The molecular formula is C9H13N3O2. The molecule has 1 atom stereocenters. The summed E-state index contributed by atoms with van der Waals surface area (Å²) in [5, 5.41) is 12.5. The summed E-state index contributed by atoms with van der Waals surface area (Å²) in [6.07, 6.45) is 3.22. The van der Waals surface area contributed by atoms with Gasteiger partial charge in [0.25, 0.3) is 5.56 Å². The Hall–Kier alpha value is -1.36. The molecule has 1 unspecified atom stereocenters.